The van der Waals surface area contributed by atoms with Gasteiger partial charge in [0.1, 0.15) is 6.04 Å². The number of nitrogens with two attached hydrogens (primary N) is 6. The van der Waals surface area contributed by atoms with E-state index < -0.39 is 48.4 Å². The molecule has 1 rings (SSSR count). The van der Waals surface area contributed by atoms with E-state index in [1.54, 1.807) is 12.1 Å². The van der Waals surface area contributed by atoms with E-state index in [4.69, 9.17) is 34.4 Å². The molecule has 0 aromatic heterocycles. The summed E-state index contributed by atoms with van der Waals surface area (Å²) in [6, 6.07) is 4.26. The van der Waals surface area contributed by atoms with Gasteiger partial charge in [-0.05, 0) is 62.6 Å². The summed E-state index contributed by atoms with van der Waals surface area (Å²) in [5.41, 5.74) is 34.4. The van der Waals surface area contributed by atoms with E-state index in [0.29, 0.717) is 37.8 Å². The van der Waals surface area contributed by atoms with Gasteiger partial charge >= 0.3 is 0 Å². The van der Waals surface area contributed by atoms with Crippen LogP contribution in [-0.4, -0.2) is 102 Å². The Hall–Kier alpha value is -4.81. The highest BCUT2D eigenvalue weighted by Crippen LogP contribution is 2.14. The number of guanidine groups is 1. The van der Waals surface area contributed by atoms with Crippen LogP contribution in [0.25, 0.3) is 0 Å². The molecule has 16 N–H and O–H groups in total. The Balaban J connectivity index is 2.51. The van der Waals surface area contributed by atoms with Crippen LogP contribution in [0.15, 0.2) is 29.3 Å². The van der Waals surface area contributed by atoms with Crippen molar-refractivity contribution in [2.45, 2.75) is 82.3 Å². The van der Waals surface area contributed by atoms with E-state index >= 15 is 0 Å². The molecule has 0 fully saturated rings. The predicted octanol–water partition coefficient (Wildman–Crippen LogP) is -3.19. The first-order valence-corrected chi connectivity index (χ1v) is 16.2. The number of hydrogen-bond donors (Lipinski definition) is 10. The number of aliphatic hydroxyl groups excluding tert-OH is 1. The van der Waals surface area contributed by atoms with Crippen LogP contribution in [0, 0.1) is 0 Å². The Morgan fingerprint density at radius 1 is 0.735 bits per heavy atom. The highest BCUT2D eigenvalue weighted by atomic mass is 16.3. The molecule has 0 spiro atoms. The first kappa shape index (κ1) is 42.2. The third-order valence-electron chi connectivity index (χ3n) is 7.33. The molecule has 0 heterocycles. The Morgan fingerprint density at radius 3 is 1.90 bits per heavy atom. The van der Waals surface area contributed by atoms with Crippen molar-refractivity contribution in [2.24, 2.45) is 39.4 Å². The van der Waals surface area contributed by atoms with Crippen molar-refractivity contribution in [1.29, 1.82) is 0 Å². The molecule has 0 radical (unpaired) electrons. The molecule has 1 aromatic rings. The summed E-state index contributed by atoms with van der Waals surface area (Å²) >= 11 is 0. The molecule has 0 saturated heterocycles. The predicted molar refractivity (Wildman–Crippen MR) is 183 cm³/mol. The Bertz CT molecular complexity index is 1260. The monoisotopic (exact) mass is 691 g/mol. The van der Waals surface area contributed by atoms with Gasteiger partial charge in [0.15, 0.2) is 5.96 Å². The summed E-state index contributed by atoms with van der Waals surface area (Å²) in [5, 5.41) is 17.6. The smallest absolute Gasteiger partial charge is 0.244 e. The molecule has 1 aromatic carbocycles. The van der Waals surface area contributed by atoms with Crippen molar-refractivity contribution in [3.63, 3.8) is 0 Å². The van der Waals surface area contributed by atoms with Gasteiger partial charge < -0.3 is 60.4 Å². The lowest BCUT2D eigenvalue weighted by Gasteiger charge is -2.26. The fourth-order valence-electron chi connectivity index (χ4n) is 4.59. The van der Waals surface area contributed by atoms with E-state index in [9.17, 15) is 33.9 Å². The summed E-state index contributed by atoms with van der Waals surface area (Å²) in [7, 11) is 0. The van der Waals surface area contributed by atoms with Gasteiger partial charge in [0, 0.05) is 45.4 Å². The molecular formula is C31H53N11O7. The van der Waals surface area contributed by atoms with E-state index in [1.165, 1.54) is 4.90 Å². The Morgan fingerprint density at radius 2 is 1.31 bits per heavy atom. The normalized spacial score (nSPS) is 12.6. The van der Waals surface area contributed by atoms with Crippen molar-refractivity contribution in [1.82, 2.24) is 20.9 Å². The number of carbonyl (C=O) groups excluding carboxylic acids is 6. The number of rotatable bonds is 25. The summed E-state index contributed by atoms with van der Waals surface area (Å²) < 4.78 is 0. The maximum absolute atomic E-state index is 13.0. The number of carbonyl (C=O) groups is 6. The van der Waals surface area contributed by atoms with Crippen LogP contribution < -0.4 is 50.4 Å². The number of hydrogen-bond acceptors (Lipinski definition) is 10. The number of aliphatic hydroxyl groups is 1. The zero-order chi connectivity index (χ0) is 36.8. The van der Waals surface area contributed by atoms with E-state index in [-0.39, 0.29) is 76.1 Å². The molecule has 0 unspecified atom stereocenters. The highest BCUT2D eigenvalue weighted by Gasteiger charge is 2.22. The number of amides is 6. The molecule has 0 saturated carbocycles. The standard InChI is InChI=1S/C31H53N11O7/c32-22(11-13-25(34)44)28(47)38-16-4-18-42(30(49)23(33)12-14-26(35)45)17-2-1-15-39-29(48)24(19-43)41-27(46)6-3-5-20-7-9-21(10-8-20)40-31(36)37/h7-10,22-24,43H,1-6,11-19,32-33H2,(H2,34,44)(H2,35,45)(H,38,47)(H,39,48)(H,41,46)(H4,36,37,40)/t22-,23-,24-/m0/s1. The third-order valence-corrected chi connectivity index (χ3v) is 7.33. The fraction of sp³-hybridized carbons (Fsp3) is 0.581. The highest BCUT2D eigenvalue weighted by molar-refractivity contribution is 5.87. The number of aryl methyl sites for hydroxylation is 1. The van der Waals surface area contributed by atoms with Gasteiger partial charge in [0.25, 0.3) is 0 Å². The second-order valence-corrected chi connectivity index (χ2v) is 11.6. The number of benzene rings is 1. The third kappa shape index (κ3) is 18.9. The zero-order valence-corrected chi connectivity index (χ0v) is 27.9. The molecule has 0 bridgehead atoms. The first-order valence-electron chi connectivity index (χ1n) is 16.2. The number of primary amides is 2. The molecule has 18 nitrogen and oxygen atoms in total. The van der Waals surface area contributed by atoms with Crippen molar-refractivity contribution < 1.29 is 33.9 Å². The van der Waals surface area contributed by atoms with Crippen molar-refractivity contribution >= 4 is 47.1 Å². The number of aliphatic imine (C=N–C) groups is 1. The Kier molecular flexibility index (Phi) is 20.2. The SMILES string of the molecule is NC(=O)CC[C@H](N)C(=O)NCCCN(CCCCNC(=O)[C@H](CO)NC(=O)CCCc1ccc(N=C(N)N)cc1)C(=O)[C@@H](N)CCC(N)=O. The average molecular weight is 692 g/mol. The van der Waals surface area contributed by atoms with E-state index in [0.717, 1.165) is 5.56 Å². The summed E-state index contributed by atoms with van der Waals surface area (Å²) in [6.45, 7) is 0.371. The minimum Gasteiger partial charge on any atom is -0.394 e. The largest absolute Gasteiger partial charge is 0.394 e. The second-order valence-electron chi connectivity index (χ2n) is 11.6. The molecule has 0 aliphatic rings. The zero-order valence-electron chi connectivity index (χ0n) is 27.9. The van der Waals surface area contributed by atoms with Gasteiger partial charge in [-0.25, -0.2) is 4.99 Å². The lowest BCUT2D eigenvalue weighted by atomic mass is 10.1. The van der Waals surface area contributed by atoms with E-state index in [1.807, 2.05) is 12.1 Å². The van der Waals surface area contributed by atoms with Gasteiger partial charge in [0.05, 0.1) is 24.4 Å². The molecule has 3 atom stereocenters. The molecule has 0 aliphatic carbocycles. The van der Waals surface area contributed by atoms with Gasteiger partial charge in [-0.1, -0.05) is 12.1 Å². The molecule has 6 amide bonds. The fourth-order valence-corrected chi connectivity index (χ4v) is 4.59. The molecular weight excluding hydrogens is 638 g/mol. The topological polar surface area (TPSA) is 330 Å². The van der Waals surface area contributed by atoms with Gasteiger partial charge in [-0.2, -0.15) is 0 Å². The van der Waals surface area contributed by atoms with Crippen LogP contribution in [-0.2, 0) is 35.2 Å². The van der Waals surface area contributed by atoms with Crippen molar-refractivity contribution in [3.8, 4) is 0 Å². The molecule has 0 aliphatic heterocycles. The van der Waals surface area contributed by atoms with Crippen molar-refractivity contribution in [2.75, 3.05) is 32.8 Å². The number of nitrogens with zero attached hydrogens (tertiary/aromatic N) is 2. The summed E-state index contributed by atoms with van der Waals surface area (Å²) in [5.74, 6) is -2.93. The van der Waals surface area contributed by atoms with Crippen molar-refractivity contribution in [3.05, 3.63) is 29.8 Å². The summed E-state index contributed by atoms with van der Waals surface area (Å²) in [4.78, 5) is 77.7. The van der Waals surface area contributed by atoms with Gasteiger partial charge in [0.2, 0.25) is 35.4 Å². The van der Waals surface area contributed by atoms with Crippen LogP contribution >= 0.6 is 0 Å². The lowest BCUT2D eigenvalue weighted by molar-refractivity contribution is -0.133. The summed E-state index contributed by atoms with van der Waals surface area (Å²) in [6.07, 6.45) is 2.72. The van der Waals surface area contributed by atoms with Crippen LogP contribution in [0.3, 0.4) is 0 Å². The van der Waals surface area contributed by atoms with Crippen LogP contribution in [0.5, 0.6) is 0 Å². The molecule has 18 heteroatoms. The second kappa shape index (κ2) is 23.5. The van der Waals surface area contributed by atoms with Gasteiger partial charge in [-0.3, -0.25) is 28.8 Å². The quantitative estimate of drug-likeness (QED) is 0.0277. The minimum absolute atomic E-state index is 0.0172. The molecule has 49 heavy (non-hydrogen) atoms. The minimum atomic E-state index is -1.12. The average Bonchev–Trinajstić information content (AvgIpc) is 3.05. The van der Waals surface area contributed by atoms with Crippen LogP contribution in [0.1, 0.15) is 63.4 Å². The Labute approximate surface area is 286 Å². The van der Waals surface area contributed by atoms with Gasteiger partial charge in [-0.15, -0.1) is 0 Å². The number of nitrogens with one attached hydrogen (secondary N) is 3. The van der Waals surface area contributed by atoms with Crippen LogP contribution in [0.4, 0.5) is 5.69 Å². The first-order chi connectivity index (χ1) is 23.2. The number of unbranched alkanes of at least 4 members (excludes halogenated alkanes) is 1. The lowest BCUT2D eigenvalue weighted by Crippen LogP contribution is -2.49. The van der Waals surface area contributed by atoms with Crippen LogP contribution in [0.2, 0.25) is 0 Å². The maximum Gasteiger partial charge on any atom is 0.244 e. The molecule has 274 valence electrons. The van der Waals surface area contributed by atoms with E-state index in [2.05, 4.69) is 20.9 Å². The maximum atomic E-state index is 13.0.